The van der Waals surface area contributed by atoms with Gasteiger partial charge in [0.25, 0.3) is 0 Å². The second kappa shape index (κ2) is 9.51. The Balaban J connectivity index is 1.37. The summed E-state index contributed by atoms with van der Waals surface area (Å²) < 4.78 is 10.7. The minimum Gasteiger partial charge on any atom is -0.497 e. The minimum atomic E-state index is -0.133. The van der Waals surface area contributed by atoms with Crippen LogP contribution in [-0.2, 0) is 16.1 Å². The van der Waals surface area contributed by atoms with E-state index in [1.54, 1.807) is 19.1 Å². The number of nitrogens with zero attached hydrogens (tertiary/aromatic N) is 4. The fourth-order valence-corrected chi connectivity index (χ4v) is 4.93. The number of piperidine rings is 1. The van der Waals surface area contributed by atoms with Gasteiger partial charge >= 0.3 is 0 Å². The number of aromatic nitrogens is 2. The van der Waals surface area contributed by atoms with E-state index >= 15 is 0 Å². The fourth-order valence-electron chi connectivity index (χ4n) is 4.01. The Hall–Kier alpha value is -2.88. The van der Waals surface area contributed by atoms with Crippen molar-refractivity contribution in [1.82, 2.24) is 15.5 Å². The number of anilines is 2. The normalized spacial score (nSPS) is 18.9. The van der Waals surface area contributed by atoms with Crippen molar-refractivity contribution in [2.45, 2.75) is 32.2 Å². The number of amides is 2. The van der Waals surface area contributed by atoms with E-state index in [9.17, 15) is 9.59 Å². The van der Waals surface area contributed by atoms with Crippen LogP contribution in [0.3, 0.4) is 0 Å². The molecular weight excluding hydrogens is 418 g/mol. The summed E-state index contributed by atoms with van der Waals surface area (Å²) in [5, 5.41) is 12.9. The largest absolute Gasteiger partial charge is 0.497 e. The van der Waals surface area contributed by atoms with Gasteiger partial charge in [-0.15, -0.1) is 10.2 Å². The lowest BCUT2D eigenvalue weighted by Crippen LogP contribution is -2.43. The number of nitrogens with one attached hydrogen (secondary N) is 1. The number of carbonyl (C=O) groups is 2. The average molecular weight is 446 g/mol. The van der Waals surface area contributed by atoms with E-state index in [1.165, 1.54) is 11.3 Å². The summed E-state index contributed by atoms with van der Waals surface area (Å²) in [6, 6.07) is 5.53. The Morgan fingerprint density at radius 3 is 2.77 bits per heavy atom. The van der Waals surface area contributed by atoms with Gasteiger partial charge in [0.1, 0.15) is 11.5 Å². The zero-order chi connectivity index (χ0) is 21.8. The Labute approximate surface area is 185 Å². The molecule has 0 spiro atoms. The van der Waals surface area contributed by atoms with Crippen molar-refractivity contribution in [3.05, 3.63) is 23.8 Å². The van der Waals surface area contributed by atoms with E-state index in [0.29, 0.717) is 36.9 Å². The first-order valence-electron chi connectivity index (χ1n) is 10.5. The number of benzene rings is 1. The van der Waals surface area contributed by atoms with Gasteiger partial charge in [-0.25, -0.2) is 0 Å². The fraction of sp³-hybridized carbons (Fsp3) is 0.524. The van der Waals surface area contributed by atoms with Gasteiger partial charge in [0.05, 0.1) is 20.1 Å². The molecule has 2 aromatic rings. The maximum absolute atomic E-state index is 12.9. The third-order valence-electron chi connectivity index (χ3n) is 5.71. The summed E-state index contributed by atoms with van der Waals surface area (Å²) in [5.41, 5.74) is 0.868. The van der Waals surface area contributed by atoms with Gasteiger partial charge < -0.3 is 19.7 Å². The molecule has 10 heteroatoms. The quantitative estimate of drug-likeness (QED) is 0.698. The van der Waals surface area contributed by atoms with Crippen LogP contribution in [0.2, 0.25) is 0 Å². The topological polar surface area (TPSA) is 96.9 Å². The van der Waals surface area contributed by atoms with Crippen molar-refractivity contribution < 1.29 is 19.1 Å². The molecule has 2 fully saturated rings. The van der Waals surface area contributed by atoms with Crippen molar-refractivity contribution in [3.63, 3.8) is 0 Å². The molecule has 2 aliphatic rings. The lowest BCUT2D eigenvalue weighted by molar-refractivity contribution is -0.125. The Morgan fingerprint density at radius 2 is 2.03 bits per heavy atom. The number of ether oxygens (including phenoxy) is 2. The minimum absolute atomic E-state index is 0.00836. The molecule has 0 radical (unpaired) electrons. The first kappa shape index (κ1) is 21.4. The molecular formula is C21H27N5O4S. The van der Waals surface area contributed by atoms with E-state index < -0.39 is 0 Å². The van der Waals surface area contributed by atoms with Crippen LogP contribution in [0.1, 0.15) is 31.2 Å². The van der Waals surface area contributed by atoms with Crippen molar-refractivity contribution in [2.75, 3.05) is 43.7 Å². The number of methoxy groups -OCH3 is 2. The second-order valence-corrected chi connectivity index (χ2v) is 8.63. The first-order chi connectivity index (χ1) is 15.1. The molecule has 1 atom stereocenters. The Kier molecular flexibility index (Phi) is 6.55. The summed E-state index contributed by atoms with van der Waals surface area (Å²) >= 11 is 1.42. The highest BCUT2D eigenvalue weighted by molar-refractivity contribution is 7.19. The molecule has 0 aliphatic carbocycles. The smallest absolute Gasteiger partial charge is 0.228 e. The monoisotopic (exact) mass is 445 g/mol. The standard InChI is InChI=1S/C21H27N5O4S/c1-29-16-7-8-17(30-2)15(11-16)12-22-19(28)14-5-3-9-25(13-14)20-23-24-21(31-20)26-10-4-6-18(26)27/h7-8,11,14H,3-6,9-10,12-13H2,1-2H3,(H,22,28)/t14-/m1/s1. The van der Waals surface area contributed by atoms with Crippen LogP contribution < -0.4 is 24.6 Å². The van der Waals surface area contributed by atoms with Crippen LogP contribution in [0, 0.1) is 5.92 Å². The molecule has 2 amide bonds. The molecule has 3 heterocycles. The van der Waals surface area contributed by atoms with Crippen molar-refractivity contribution >= 4 is 33.4 Å². The number of hydrogen-bond donors (Lipinski definition) is 1. The zero-order valence-corrected chi connectivity index (χ0v) is 18.6. The van der Waals surface area contributed by atoms with Gasteiger partial charge in [-0.05, 0) is 37.5 Å². The number of hydrogen-bond acceptors (Lipinski definition) is 8. The second-order valence-electron chi connectivity index (χ2n) is 7.70. The maximum Gasteiger partial charge on any atom is 0.228 e. The molecule has 2 aliphatic heterocycles. The van der Waals surface area contributed by atoms with Gasteiger partial charge in [-0.1, -0.05) is 11.3 Å². The van der Waals surface area contributed by atoms with Gasteiger partial charge in [-0.2, -0.15) is 0 Å². The molecule has 1 N–H and O–H groups in total. The maximum atomic E-state index is 12.9. The van der Waals surface area contributed by atoms with Gasteiger partial charge in [-0.3, -0.25) is 14.5 Å². The summed E-state index contributed by atoms with van der Waals surface area (Å²) in [4.78, 5) is 28.6. The van der Waals surface area contributed by atoms with E-state index in [-0.39, 0.29) is 17.7 Å². The molecule has 1 aromatic carbocycles. The number of rotatable bonds is 7. The van der Waals surface area contributed by atoms with Gasteiger partial charge in [0.15, 0.2) is 0 Å². The van der Waals surface area contributed by atoms with Crippen LogP contribution in [0.4, 0.5) is 10.3 Å². The Bertz CT molecular complexity index is 950. The molecule has 0 saturated carbocycles. The molecule has 166 valence electrons. The molecule has 4 rings (SSSR count). The van der Waals surface area contributed by atoms with Crippen LogP contribution in [0.15, 0.2) is 18.2 Å². The highest BCUT2D eigenvalue weighted by atomic mass is 32.1. The summed E-state index contributed by atoms with van der Waals surface area (Å²) in [6.07, 6.45) is 3.16. The van der Waals surface area contributed by atoms with E-state index in [0.717, 1.165) is 42.3 Å². The summed E-state index contributed by atoms with van der Waals surface area (Å²) in [7, 11) is 3.22. The van der Waals surface area contributed by atoms with Crippen LogP contribution in [-0.4, -0.2) is 55.9 Å². The molecule has 1 aromatic heterocycles. The van der Waals surface area contributed by atoms with Crippen molar-refractivity contribution in [1.29, 1.82) is 0 Å². The molecule has 2 saturated heterocycles. The Morgan fingerprint density at radius 1 is 1.19 bits per heavy atom. The predicted molar refractivity (Wildman–Crippen MR) is 118 cm³/mol. The molecule has 9 nitrogen and oxygen atoms in total. The third kappa shape index (κ3) is 4.73. The van der Waals surface area contributed by atoms with Crippen LogP contribution >= 0.6 is 11.3 Å². The molecule has 31 heavy (non-hydrogen) atoms. The lowest BCUT2D eigenvalue weighted by Gasteiger charge is -2.31. The van der Waals surface area contributed by atoms with E-state index in [1.807, 2.05) is 18.2 Å². The van der Waals surface area contributed by atoms with Crippen molar-refractivity contribution in [2.24, 2.45) is 5.92 Å². The first-order valence-corrected chi connectivity index (χ1v) is 11.3. The summed E-state index contributed by atoms with van der Waals surface area (Å²) in [6.45, 7) is 2.49. The number of carbonyl (C=O) groups excluding carboxylic acids is 2. The highest BCUT2D eigenvalue weighted by Gasteiger charge is 2.30. The average Bonchev–Trinajstić information content (AvgIpc) is 3.46. The van der Waals surface area contributed by atoms with Crippen molar-refractivity contribution in [3.8, 4) is 11.5 Å². The van der Waals surface area contributed by atoms with Crippen LogP contribution in [0.25, 0.3) is 0 Å². The highest BCUT2D eigenvalue weighted by Crippen LogP contribution is 2.32. The van der Waals surface area contributed by atoms with E-state index in [4.69, 9.17) is 9.47 Å². The zero-order valence-electron chi connectivity index (χ0n) is 17.8. The van der Waals surface area contributed by atoms with E-state index in [2.05, 4.69) is 20.4 Å². The predicted octanol–water partition coefficient (Wildman–Crippen LogP) is 2.21. The SMILES string of the molecule is COc1ccc(OC)c(CNC(=O)[C@@H]2CCCN(c3nnc(N4CCCC4=O)s3)C2)c1. The van der Waals surface area contributed by atoms with Gasteiger partial charge in [0, 0.05) is 38.2 Å². The van der Waals surface area contributed by atoms with Crippen LogP contribution in [0.5, 0.6) is 11.5 Å². The van der Waals surface area contributed by atoms with Gasteiger partial charge in [0.2, 0.25) is 22.1 Å². The third-order valence-corrected chi connectivity index (χ3v) is 6.72. The lowest BCUT2D eigenvalue weighted by atomic mass is 9.97. The summed E-state index contributed by atoms with van der Waals surface area (Å²) in [5.74, 6) is 1.41. The molecule has 0 bridgehead atoms. The molecule has 0 unspecified atom stereocenters.